The molecule has 1 aromatic carbocycles. The van der Waals surface area contributed by atoms with Gasteiger partial charge >= 0.3 is 10.2 Å². The molecule has 0 aliphatic carbocycles. The normalized spacial score (nSPS) is 17.3. The van der Waals surface area contributed by atoms with Crippen molar-refractivity contribution >= 4 is 55.0 Å². The van der Waals surface area contributed by atoms with Gasteiger partial charge in [0.05, 0.1) is 16.3 Å². The Morgan fingerprint density at radius 1 is 1.18 bits per heavy atom. The molecule has 1 aromatic heterocycles. The highest BCUT2D eigenvalue weighted by molar-refractivity contribution is 8.45. The fourth-order valence-electron chi connectivity index (χ4n) is 3.56. The van der Waals surface area contributed by atoms with E-state index in [9.17, 15) is 33.1 Å². The minimum Gasteiger partial charge on any atom is -0.382 e. The summed E-state index contributed by atoms with van der Waals surface area (Å²) in [6.07, 6.45) is 2.79. The van der Waals surface area contributed by atoms with Gasteiger partial charge in [0.15, 0.2) is 11.5 Å². The van der Waals surface area contributed by atoms with E-state index in [2.05, 4.69) is 5.10 Å². The maximum absolute atomic E-state index is 13.2. The maximum Gasteiger partial charge on any atom is 0.310 e. The molecule has 1 saturated heterocycles. The molecule has 2 heterocycles. The molecule has 1 fully saturated rings. The molecule has 190 valence electrons. The van der Waals surface area contributed by atoms with Gasteiger partial charge in [0.25, 0.3) is 0 Å². The van der Waals surface area contributed by atoms with E-state index in [1.165, 1.54) is 0 Å². The minimum absolute atomic E-state index is 0.0289. The van der Waals surface area contributed by atoms with Crippen LogP contribution in [0, 0.1) is 11.3 Å². The van der Waals surface area contributed by atoms with Gasteiger partial charge in [-0.15, -0.1) is 0 Å². The second-order valence-corrected chi connectivity index (χ2v) is 12.8. The summed E-state index contributed by atoms with van der Waals surface area (Å²) in [6.45, 7) is 1.76. The molecule has 0 spiro atoms. The highest BCUT2D eigenvalue weighted by Gasteiger charge is 2.65. The van der Waals surface area contributed by atoms with E-state index in [0.29, 0.717) is 11.2 Å². The highest BCUT2D eigenvalue weighted by atomic mass is 35.5. The zero-order valence-electron chi connectivity index (χ0n) is 17.5. The van der Waals surface area contributed by atoms with E-state index in [1.54, 1.807) is 6.07 Å². The molecule has 3 rings (SSSR count). The number of halogens is 7. The van der Waals surface area contributed by atoms with E-state index in [0.717, 1.165) is 36.5 Å². The van der Waals surface area contributed by atoms with Crippen molar-refractivity contribution in [1.29, 1.82) is 5.26 Å². The van der Waals surface area contributed by atoms with Crippen LogP contribution in [0.25, 0.3) is 5.69 Å². The van der Waals surface area contributed by atoms with Crippen molar-refractivity contribution < 1.29 is 27.8 Å². The Labute approximate surface area is 202 Å². The van der Waals surface area contributed by atoms with Crippen LogP contribution in [-0.4, -0.2) is 55.5 Å². The van der Waals surface area contributed by atoms with Crippen molar-refractivity contribution in [2.45, 2.75) is 17.7 Å². The average Bonchev–Trinajstić information content (AvgIpc) is 3.28. The van der Waals surface area contributed by atoms with Crippen LogP contribution in [0.2, 0.25) is 10.0 Å². The number of nitrogens with zero attached hydrogens (tertiary/aromatic N) is 5. The largest absolute Gasteiger partial charge is 0.382 e. The molecule has 2 N–H and O–H groups in total. The average molecular weight is 569 g/mol. The number of likely N-dealkylation sites (tertiary alicyclic amines) is 1. The van der Waals surface area contributed by atoms with E-state index in [1.807, 2.05) is 4.90 Å². The van der Waals surface area contributed by atoms with Crippen LogP contribution in [0.15, 0.2) is 17.0 Å². The Kier molecular flexibility index (Phi) is 6.28. The molecule has 34 heavy (non-hydrogen) atoms. The van der Waals surface area contributed by atoms with Gasteiger partial charge in [0.2, 0.25) is 10.0 Å². The Hall–Kier alpha value is -1.99. The summed E-state index contributed by atoms with van der Waals surface area (Å²) in [5, 5.41) is 11.6. The van der Waals surface area contributed by atoms with Crippen LogP contribution >= 0.6 is 33.4 Å². The van der Waals surface area contributed by atoms with Crippen molar-refractivity contribution in [2.24, 2.45) is 0 Å². The van der Waals surface area contributed by atoms with Crippen molar-refractivity contribution in [3.8, 4) is 11.8 Å². The van der Waals surface area contributed by atoms with Gasteiger partial charge in [-0.1, -0.05) is 42.6 Å². The monoisotopic (exact) mass is 568 g/mol. The number of nitriles is 1. The second kappa shape index (κ2) is 8.02. The third-order valence-corrected chi connectivity index (χ3v) is 7.99. The summed E-state index contributed by atoms with van der Waals surface area (Å²) >= 11 is 11.7. The zero-order valence-corrected chi connectivity index (χ0v) is 20.6. The summed E-state index contributed by atoms with van der Waals surface area (Å²) in [6, 6.07) is 1.62. The zero-order chi connectivity index (χ0) is 25.8. The van der Waals surface area contributed by atoms with E-state index in [4.69, 9.17) is 28.9 Å². The van der Waals surface area contributed by atoms with Crippen LogP contribution in [0.3, 0.4) is 0 Å². The summed E-state index contributed by atoms with van der Waals surface area (Å²) in [4.78, 5) is -0.314. The summed E-state index contributed by atoms with van der Waals surface area (Å²) in [7, 11) is -14.1. The molecule has 17 heteroatoms. The number of anilines is 2. The van der Waals surface area contributed by atoms with Crippen molar-refractivity contribution in [3.05, 3.63) is 27.9 Å². The Morgan fingerprint density at radius 2 is 1.71 bits per heavy atom. The van der Waals surface area contributed by atoms with Crippen molar-refractivity contribution in [3.63, 3.8) is 0 Å². The first kappa shape index (κ1) is 26.6. The molecule has 0 unspecified atom stereocenters. The van der Waals surface area contributed by atoms with E-state index in [-0.39, 0.29) is 24.4 Å². The van der Waals surface area contributed by atoms with E-state index < -0.39 is 52.4 Å². The lowest BCUT2D eigenvalue weighted by molar-refractivity contribution is 0.349. The third-order valence-electron chi connectivity index (χ3n) is 5.12. The van der Waals surface area contributed by atoms with Crippen LogP contribution in [0.4, 0.5) is 30.9 Å². The first-order valence-corrected chi connectivity index (χ1v) is 14.1. The van der Waals surface area contributed by atoms with Crippen molar-refractivity contribution in [2.75, 3.05) is 42.5 Å². The first-order chi connectivity index (χ1) is 15.3. The maximum atomic E-state index is 13.2. The standard InChI is InChI=1S/C17H19Cl2F5N6O2S2/c1-33(31,32)29(7-6-28-4-2-3-5-28)16-14(10-25)27-30(17(16)26)15-12(18)8-11(9-13(15)19)34(20,21,22,23)24/h8-9H,2-7,26H2,1H3. The molecule has 8 nitrogen and oxygen atoms in total. The van der Waals surface area contributed by atoms with Gasteiger partial charge in [0.1, 0.15) is 22.3 Å². The molecular formula is C17H19Cl2F5N6O2S2. The Morgan fingerprint density at radius 3 is 2.15 bits per heavy atom. The molecule has 0 atom stereocenters. The fourth-order valence-corrected chi connectivity index (χ4v) is 5.95. The molecule has 0 radical (unpaired) electrons. The van der Waals surface area contributed by atoms with Gasteiger partial charge in [-0.3, -0.25) is 4.31 Å². The Balaban J connectivity index is 2.14. The number of hydrogen-bond acceptors (Lipinski definition) is 6. The second-order valence-electron chi connectivity index (χ2n) is 7.69. The highest BCUT2D eigenvalue weighted by Crippen LogP contribution is 3.02. The summed E-state index contributed by atoms with van der Waals surface area (Å²) in [5.74, 6) is -0.479. The van der Waals surface area contributed by atoms with Gasteiger partial charge in [-0.25, -0.2) is 13.1 Å². The predicted molar refractivity (Wildman–Crippen MR) is 122 cm³/mol. The third kappa shape index (κ3) is 5.46. The predicted octanol–water partition coefficient (Wildman–Crippen LogP) is 5.15. The number of aromatic nitrogens is 2. The van der Waals surface area contributed by atoms with Crippen molar-refractivity contribution in [1.82, 2.24) is 14.7 Å². The fraction of sp³-hybridized carbons (Fsp3) is 0.412. The molecule has 1 aliphatic rings. The lowest BCUT2D eigenvalue weighted by atomic mass is 10.3. The number of nitrogen functional groups attached to an aromatic ring is 1. The molecule has 0 saturated carbocycles. The molecule has 2 aromatic rings. The lowest BCUT2D eigenvalue weighted by Crippen LogP contribution is -2.38. The summed E-state index contributed by atoms with van der Waals surface area (Å²) < 4.78 is 92.6. The van der Waals surface area contributed by atoms with Gasteiger partial charge in [0, 0.05) is 13.1 Å². The number of hydrogen-bond donors (Lipinski definition) is 1. The first-order valence-electron chi connectivity index (χ1n) is 9.55. The van der Waals surface area contributed by atoms with E-state index >= 15 is 0 Å². The number of benzene rings is 1. The summed E-state index contributed by atoms with van der Waals surface area (Å²) in [5.41, 5.74) is 4.73. The molecule has 1 aliphatic heterocycles. The number of nitrogens with two attached hydrogens (primary N) is 1. The van der Waals surface area contributed by atoms with Gasteiger partial charge in [-0.05, 0) is 38.1 Å². The number of sulfonamides is 1. The lowest BCUT2D eigenvalue weighted by Gasteiger charge is -2.40. The molecule has 0 bridgehead atoms. The number of rotatable bonds is 7. The van der Waals surface area contributed by atoms with Crippen LogP contribution in [0.5, 0.6) is 0 Å². The van der Waals surface area contributed by atoms with Crippen LogP contribution in [0.1, 0.15) is 18.5 Å². The smallest absolute Gasteiger partial charge is 0.310 e. The van der Waals surface area contributed by atoms with Gasteiger partial charge in [-0.2, -0.15) is 10.4 Å². The quantitative estimate of drug-likeness (QED) is 0.462. The molecular weight excluding hydrogens is 550 g/mol. The van der Waals surface area contributed by atoms with Crippen LogP contribution in [-0.2, 0) is 10.0 Å². The van der Waals surface area contributed by atoms with Gasteiger partial charge < -0.3 is 10.6 Å². The van der Waals surface area contributed by atoms with Crippen LogP contribution < -0.4 is 10.0 Å². The minimum atomic E-state index is -10.1. The molecule has 0 amide bonds. The Bertz CT molecular complexity index is 1270. The SMILES string of the molecule is CS(=O)(=O)N(CCN1CCCC1)c1c(C#N)nn(-c2c(Cl)cc(S(F)(F)(F)(F)F)cc2Cl)c1N. The topological polar surface area (TPSA) is 108 Å².